The number of hydrazine groups is 1. The van der Waals surface area contributed by atoms with E-state index in [1.54, 1.807) is 6.07 Å². The molecule has 4 heteroatoms. The zero-order valence-electron chi connectivity index (χ0n) is 12.3. The van der Waals surface area contributed by atoms with Crippen LogP contribution < -0.4 is 11.3 Å². The molecule has 21 heavy (non-hydrogen) atoms. The highest BCUT2D eigenvalue weighted by molar-refractivity contribution is 6.31. The Balaban J connectivity index is 2.15. The van der Waals surface area contributed by atoms with Crippen LogP contribution in [0, 0.1) is 19.7 Å². The van der Waals surface area contributed by atoms with Crippen LogP contribution in [-0.4, -0.2) is 6.04 Å². The molecule has 2 rings (SSSR count). The summed E-state index contributed by atoms with van der Waals surface area (Å²) in [7, 11) is 0. The van der Waals surface area contributed by atoms with Crippen molar-refractivity contribution in [2.45, 2.75) is 32.7 Å². The van der Waals surface area contributed by atoms with E-state index in [2.05, 4.69) is 37.5 Å². The minimum Gasteiger partial charge on any atom is -0.271 e. The summed E-state index contributed by atoms with van der Waals surface area (Å²) in [5.41, 5.74) is 7.24. The minimum atomic E-state index is -0.392. The Hall–Kier alpha value is -1.42. The number of hydrogen-bond acceptors (Lipinski definition) is 2. The van der Waals surface area contributed by atoms with Crippen molar-refractivity contribution in [2.75, 3.05) is 0 Å². The first-order valence-corrected chi connectivity index (χ1v) is 7.33. The molecule has 0 spiro atoms. The maximum absolute atomic E-state index is 13.5. The van der Waals surface area contributed by atoms with Crippen LogP contribution in [-0.2, 0) is 12.8 Å². The van der Waals surface area contributed by atoms with Gasteiger partial charge in [0.2, 0.25) is 0 Å². The van der Waals surface area contributed by atoms with Gasteiger partial charge >= 0.3 is 0 Å². The van der Waals surface area contributed by atoms with E-state index in [1.165, 1.54) is 22.8 Å². The van der Waals surface area contributed by atoms with Crippen molar-refractivity contribution in [3.8, 4) is 0 Å². The molecule has 2 nitrogen and oxygen atoms in total. The summed E-state index contributed by atoms with van der Waals surface area (Å²) < 4.78 is 13.5. The molecule has 1 unspecified atom stereocenters. The second kappa shape index (κ2) is 7.03. The minimum absolute atomic E-state index is 0.00509. The number of hydrogen-bond donors (Lipinski definition) is 2. The lowest BCUT2D eigenvalue weighted by molar-refractivity contribution is 0.520. The molecule has 0 fully saturated rings. The van der Waals surface area contributed by atoms with Gasteiger partial charge in [0.05, 0.1) is 5.02 Å². The van der Waals surface area contributed by atoms with Crippen LogP contribution in [0.4, 0.5) is 4.39 Å². The molecule has 112 valence electrons. The molecule has 0 saturated carbocycles. The average molecular weight is 307 g/mol. The molecule has 2 aromatic rings. The van der Waals surface area contributed by atoms with Gasteiger partial charge in [0, 0.05) is 6.04 Å². The van der Waals surface area contributed by atoms with Crippen LogP contribution in [0.1, 0.15) is 22.3 Å². The summed E-state index contributed by atoms with van der Waals surface area (Å²) in [5.74, 6) is 5.25. The van der Waals surface area contributed by atoms with Crippen molar-refractivity contribution in [3.63, 3.8) is 0 Å². The topological polar surface area (TPSA) is 38.0 Å². The van der Waals surface area contributed by atoms with Gasteiger partial charge in [-0.3, -0.25) is 11.3 Å². The van der Waals surface area contributed by atoms with E-state index in [9.17, 15) is 4.39 Å². The number of nitrogens with one attached hydrogen (secondary N) is 1. The molecule has 3 N–H and O–H groups in total. The van der Waals surface area contributed by atoms with Crippen LogP contribution in [0.5, 0.6) is 0 Å². The van der Waals surface area contributed by atoms with Gasteiger partial charge in [0.25, 0.3) is 0 Å². The van der Waals surface area contributed by atoms with Crippen molar-refractivity contribution in [1.29, 1.82) is 0 Å². The highest BCUT2D eigenvalue weighted by Gasteiger charge is 2.13. The summed E-state index contributed by atoms with van der Waals surface area (Å²) in [6, 6.07) is 11.3. The lowest BCUT2D eigenvalue weighted by Crippen LogP contribution is -2.38. The van der Waals surface area contributed by atoms with Crippen molar-refractivity contribution in [2.24, 2.45) is 5.84 Å². The Labute approximate surface area is 130 Å². The van der Waals surface area contributed by atoms with Gasteiger partial charge < -0.3 is 0 Å². The van der Waals surface area contributed by atoms with E-state index >= 15 is 0 Å². The SMILES string of the molecule is Cc1cc(C)cc(CC(Cc2cccc(F)c2Cl)NN)c1. The largest absolute Gasteiger partial charge is 0.271 e. The molecule has 0 aromatic heterocycles. The molecular formula is C17H20ClFN2. The molecule has 0 radical (unpaired) electrons. The van der Waals surface area contributed by atoms with Gasteiger partial charge in [-0.15, -0.1) is 0 Å². The van der Waals surface area contributed by atoms with Crippen LogP contribution >= 0.6 is 11.6 Å². The molecule has 0 aliphatic rings. The van der Waals surface area contributed by atoms with E-state index in [4.69, 9.17) is 17.4 Å². The fourth-order valence-electron chi connectivity index (χ4n) is 2.63. The first-order valence-electron chi connectivity index (χ1n) is 6.95. The smallest absolute Gasteiger partial charge is 0.142 e. The Bertz CT molecular complexity index is 608. The second-order valence-electron chi connectivity index (χ2n) is 5.48. The monoisotopic (exact) mass is 306 g/mol. The van der Waals surface area contributed by atoms with Gasteiger partial charge in [-0.05, 0) is 43.9 Å². The van der Waals surface area contributed by atoms with Crippen molar-refractivity contribution >= 4 is 11.6 Å². The summed E-state index contributed by atoms with van der Waals surface area (Å²) in [6.07, 6.45) is 1.35. The Morgan fingerprint density at radius 1 is 1.14 bits per heavy atom. The third-order valence-corrected chi connectivity index (χ3v) is 3.92. The summed E-state index contributed by atoms with van der Waals surface area (Å²) in [6.45, 7) is 4.15. The maximum Gasteiger partial charge on any atom is 0.142 e. The van der Waals surface area contributed by atoms with Crippen molar-refractivity contribution in [3.05, 3.63) is 69.5 Å². The van der Waals surface area contributed by atoms with Gasteiger partial charge in [-0.25, -0.2) is 4.39 Å². The fraction of sp³-hybridized carbons (Fsp3) is 0.294. The predicted molar refractivity (Wildman–Crippen MR) is 85.8 cm³/mol. The highest BCUT2D eigenvalue weighted by Crippen LogP contribution is 2.22. The number of aryl methyl sites for hydroxylation is 2. The number of rotatable bonds is 5. The quantitative estimate of drug-likeness (QED) is 0.653. The molecule has 0 heterocycles. The molecular weight excluding hydrogens is 287 g/mol. The Morgan fingerprint density at radius 2 is 1.81 bits per heavy atom. The number of nitrogens with two attached hydrogens (primary N) is 1. The zero-order valence-corrected chi connectivity index (χ0v) is 13.0. The summed E-state index contributed by atoms with van der Waals surface area (Å²) in [4.78, 5) is 0. The van der Waals surface area contributed by atoms with Crippen LogP contribution in [0.3, 0.4) is 0 Å². The maximum atomic E-state index is 13.5. The zero-order chi connectivity index (χ0) is 15.4. The summed E-state index contributed by atoms with van der Waals surface area (Å²) in [5, 5.41) is 0.179. The first-order chi connectivity index (χ1) is 9.99. The predicted octanol–water partition coefficient (Wildman–Crippen LogP) is 3.71. The van der Waals surface area contributed by atoms with E-state index in [0.717, 1.165) is 12.0 Å². The third kappa shape index (κ3) is 4.27. The third-order valence-electron chi connectivity index (χ3n) is 3.50. The standard InChI is InChI=1S/C17H20ClFN2/c1-11-6-12(2)8-13(7-11)9-15(21-20)10-14-4-3-5-16(19)17(14)18/h3-8,15,21H,9-10,20H2,1-2H3. The Kier molecular flexibility index (Phi) is 5.34. The lowest BCUT2D eigenvalue weighted by Gasteiger charge is -2.17. The van der Waals surface area contributed by atoms with Crippen molar-refractivity contribution < 1.29 is 4.39 Å². The van der Waals surface area contributed by atoms with E-state index in [0.29, 0.717) is 6.42 Å². The van der Waals surface area contributed by atoms with E-state index < -0.39 is 5.82 Å². The van der Waals surface area contributed by atoms with Crippen molar-refractivity contribution in [1.82, 2.24) is 5.43 Å². The Morgan fingerprint density at radius 3 is 2.43 bits per heavy atom. The fourth-order valence-corrected chi connectivity index (χ4v) is 2.84. The molecule has 0 bridgehead atoms. The van der Waals surface area contributed by atoms with E-state index in [1.807, 2.05) is 6.07 Å². The number of halogens is 2. The normalized spacial score (nSPS) is 12.4. The second-order valence-corrected chi connectivity index (χ2v) is 5.86. The first kappa shape index (κ1) is 16.0. The van der Waals surface area contributed by atoms with Crippen LogP contribution in [0.25, 0.3) is 0 Å². The molecule has 0 amide bonds. The van der Waals surface area contributed by atoms with Crippen LogP contribution in [0.2, 0.25) is 5.02 Å². The number of benzene rings is 2. The molecule has 0 aliphatic heterocycles. The highest BCUT2D eigenvalue weighted by atomic mass is 35.5. The molecule has 1 atom stereocenters. The lowest BCUT2D eigenvalue weighted by atomic mass is 9.97. The van der Waals surface area contributed by atoms with Gasteiger partial charge in [0.1, 0.15) is 5.82 Å². The summed E-state index contributed by atoms with van der Waals surface area (Å²) >= 11 is 6.00. The van der Waals surface area contributed by atoms with E-state index in [-0.39, 0.29) is 11.1 Å². The average Bonchev–Trinajstić information content (AvgIpc) is 2.42. The van der Waals surface area contributed by atoms with Gasteiger partial charge in [-0.2, -0.15) is 0 Å². The van der Waals surface area contributed by atoms with Gasteiger partial charge in [0.15, 0.2) is 0 Å². The van der Waals surface area contributed by atoms with Gasteiger partial charge in [-0.1, -0.05) is 53.1 Å². The molecule has 0 saturated heterocycles. The van der Waals surface area contributed by atoms with Crippen LogP contribution in [0.15, 0.2) is 36.4 Å². The molecule has 0 aliphatic carbocycles. The molecule has 2 aromatic carbocycles.